The lowest BCUT2D eigenvalue weighted by molar-refractivity contribution is -0.137. The first kappa shape index (κ1) is 15.8. The minimum Gasteiger partial charge on any atom is -0.491 e. The first-order valence-corrected chi connectivity index (χ1v) is 7.50. The van der Waals surface area contributed by atoms with Crippen LogP contribution in [0.5, 0.6) is 5.75 Å². The average Bonchev–Trinajstić information content (AvgIpc) is 2.55. The lowest BCUT2D eigenvalue weighted by atomic mass is 10.1. The van der Waals surface area contributed by atoms with Crippen molar-refractivity contribution in [2.75, 3.05) is 40.0 Å². The van der Waals surface area contributed by atoms with Gasteiger partial charge in [0.2, 0.25) is 5.91 Å². The van der Waals surface area contributed by atoms with Gasteiger partial charge in [-0.3, -0.25) is 4.79 Å². The van der Waals surface area contributed by atoms with Gasteiger partial charge in [-0.05, 0) is 32.0 Å². The second-order valence-electron chi connectivity index (χ2n) is 5.18. The van der Waals surface area contributed by atoms with Crippen LogP contribution in [0.4, 0.5) is 0 Å². The molecular weight excluding hydrogens is 268 g/mol. The van der Waals surface area contributed by atoms with Crippen molar-refractivity contribution in [3.05, 3.63) is 30.3 Å². The monoisotopic (exact) mass is 292 g/mol. The highest BCUT2D eigenvalue weighted by atomic mass is 16.5. The van der Waals surface area contributed by atoms with Crippen molar-refractivity contribution in [2.24, 2.45) is 0 Å². The van der Waals surface area contributed by atoms with Crippen molar-refractivity contribution in [3.8, 4) is 5.75 Å². The molecule has 0 bridgehead atoms. The van der Waals surface area contributed by atoms with Crippen LogP contribution in [-0.2, 0) is 9.53 Å². The number of para-hydroxylation sites is 1. The normalized spacial score (nSPS) is 18.5. The summed E-state index contributed by atoms with van der Waals surface area (Å²) in [4.78, 5) is 13.9. The lowest BCUT2D eigenvalue weighted by Crippen LogP contribution is -2.48. The van der Waals surface area contributed by atoms with Gasteiger partial charge in [-0.2, -0.15) is 0 Å². The second kappa shape index (κ2) is 8.64. The van der Waals surface area contributed by atoms with Crippen LogP contribution in [0.15, 0.2) is 30.3 Å². The molecule has 0 aromatic heterocycles. The first-order chi connectivity index (χ1) is 10.3. The van der Waals surface area contributed by atoms with Gasteiger partial charge < -0.3 is 19.7 Å². The van der Waals surface area contributed by atoms with Gasteiger partial charge >= 0.3 is 0 Å². The molecule has 0 spiro atoms. The molecule has 5 heteroatoms. The van der Waals surface area contributed by atoms with Gasteiger partial charge in [-0.25, -0.2) is 0 Å². The number of nitrogens with one attached hydrogen (secondary N) is 1. The Hall–Kier alpha value is -1.59. The lowest BCUT2D eigenvalue weighted by Gasteiger charge is -2.32. The molecule has 1 N–H and O–H groups in total. The minimum atomic E-state index is 0.0645. The predicted molar refractivity (Wildman–Crippen MR) is 81.4 cm³/mol. The number of carbonyl (C=O) groups is 1. The summed E-state index contributed by atoms with van der Waals surface area (Å²) in [5.74, 6) is 0.884. The molecule has 1 heterocycles. The first-order valence-electron chi connectivity index (χ1n) is 7.50. The van der Waals surface area contributed by atoms with E-state index < -0.39 is 0 Å². The fraction of sp³-hybridized carbons (Fsp3) is 0.562. The SMILES string of the molecule is CNC1CCCN(C(=O)COCCOc2ccccc2)C1. The van der Waals surface area contributed by atoms with Crippen LogP contribution in [0.3, 0.4) is 0 Å². The number of carbonyl (C=O) groups excluding carboxylic acids is 1. The zero-order valence-electron chi connectivity index (χ0n) is 12.6. The van der Waals surface area contributed by atoms with E-state index in [1.807, 2.05) is 42.3 Å². The van der Waals surface area contributed by atoms with E-state index >= 15 is 0 Å². The number of amides is 1. The van der Waals surface area contributed by atoms with Gasteiger partial charge in [0, 0.05) is 19.1 Å². The van der Waals surface area contributed by atoms with Gasteiger partial charge in [0.25, 0.3) is 0 Å². The van der Waals surface area contributed by atoms with E-state index in [0.29, 0.717) is 19.3 Å². The zero-order chi connectivity index (χ0) is 14.9. The highest BCUT2D eigenvalue weighted by Crippen LogP contribution is 2.10. The molecule has 1 saturated heterocycles. The van der Waals surface area contributed by atoms with Crippen molar-refractivity contribution in [3.63, 3.8) is 0 Å². The smallest absolute Gasteiger partial charge is 0.248 e. The number of likely N-dealkylation sites (tertiary alicyclic amines) is 1. The Morgan fingerprint density at radius 2 is 2.14 bits per heavy atom. The van der Waals surface area contributed by atoms with Crippen molar-refractivity contribution < 1.29 is 14.3 Å². The average molecular weight is 292 g/mol. The highest BCUT2D eigenvalue weighted by molar-refractivity contribution is 5.77. The maximum Gasteiger partial charge on any atom is 0.248 e. The molecule has 1 unspecified atom stereocenters. The number of hydrogen-bond donors (Lipinski definition) is 1. The van der Waals surface area contributed by atoms with Gasteiger partial charge in [-0.1, -0.05) is 18.2 Å². The van der Waals surface area contributed by atoms with E-state index in [1.54, 1.807) is 0 Å². The number of piperidine rings is 1. The Balaban J connectivity index is 1.59. The van der Waals surface area contributed by atoms with E-state index in [0.717, 1.165) is 31.7 Å². The molecule has 1 aliphatic rings. The molecule has 21 heavy (non-hydrogen) atoms. The topological polar surface area (TPSA) is 50.8 Å². The van der Waals surface area contributed by atoms with E-state index in [1.165, 1.54) is 0 Å². The maximum absolute atomic E-state index is 12.0. The zero-order valence-corrected chi connectivity index (χ0v) is 12.6. The third-order valence-electron chi connectivity index (χ3n) is 3.65. The summed E-state index contributed by atoms with van der Waals surface area (Å²) in [6.07, 6.45) is 2.18. The molecule has 1 atom stereocenters. The summed E-state index contributed by atoms with van der Waals surface area (Å²) < 4.78 is 10.9. The number of likely N-dealkylation sites (N-methyl/N-ethyl adjacent to an activating group) is 1. The second-order valence-corrected chi connectivity index (χ2v) is 5.18. The number of ether oxygens (including phenoxy) is 2. The third-order valence-corrected chi connectivity index (χ3v) is 3.65. The van der Waals surface area contributed by atoms with Gasteiger partial charge in [0.1, 0.15) is 19.0 Å². The fourth-order valence-electron chi connectivity index (χ4n) is 2.43. The maximum atomic E-state index is 12.0. The largest absolute Gasteiger partial charge is 0.491 e. The van der Waals surface area contributed by atoms with Crippen LogP contribution in [0.1, 0.15) is 12.8 Å². The summed E-state index contributed by atoms with van der Waals surface area (Å²) >= 11 is 0. The molecule has 1 amide bonds. The molecular formula is C16H24N2O3. The Kier molecular flexibility index (Phi) is 6.50. The van der Waals surface area contributed by atoms with E-state index in [4.69, 9.17) is 9.47 Å². The summed E-state index contributed by atoms with van der Waals surface area (Å²) in [5.41, 5.74) is 0. The molecule has 2 rings (SSSR count). The molecule has 1 aromatic rings. The Bertz CT molecular complexity index is 425. The molecule has 1 aliphatic heterocycles. The molecule has 0 aliphatic carbocycles. The van der Waals surface area contributed by atoms with E-state index in [9.17, 15) is 4.79 Å². The molecule has 0 saturated carbocycles. The molecule has 0 radical (unpaired) electrons. The van der Waals surface area contributed by atoms with E-state index in [-0.39, 0.29) is 12.5 Å². The van der Waals surface area contributed by atoms with Crippen LogP contribution < -0.4 is 10.1 Å². The standard InChI is InChI=1S/C16H24N2O3/c1-17-14-6-5-9-18(12-14)16(19)13-20-10-11-21-15-7-3-2-4-8-15/h2-4,7-8,14,17H,5-6,9-13H2,1H3. The van der Waals surface area contributed by atoms with E-state index in [2.05, 4.69) is 5.32 Å². The summed E-state index contributed by atoms with van der Waals surface area (Å²) in [5, 5.41) is 3.23. The van der Waals surface area contributed by atoms with Crippen LogP contribution in [0, 0.1) is 0 Å². The van der Waals surface area contributed by atoms with Crippen LogP contribution in [0.25, 0.3) is 0 Å². The summed E-state index contributed by atoms with van der Waals surface area (Å²) in [7, 11) is 1.94. The van der Waals surface area contributed by atoms with Crippen LogP contribution in [-0.4, -0.2) is 56.8 Å². The van der Waals surface area contributed by atoms with Crippen molar-refractivity contribution in [2.45, 2.75) is 18.9 Å². The predicted octanol–water partition coefficient (Wildman–Crippen LogP) is 1.29. The van der Waals surface area contributed by atoms with Crippen LogP contribution in [0.2, 0.25) is 0 Å². The summed E-state index contributed by atoms with van der Waals surface area (Å²) in [6, 6.07) is 10.00. The van der Waals surface area contributed by atoms with Crippen molar-refractivity contribution in [1.29, 1.82) is 0 Å². The molecule has 1 fully saturated rings. The number of hydrogen-bond acceptors (Lipinski definition) is 4. The Morgan fingerprint density at radius 1 is 1.33 bits per heavy atom. The minimum absolute atomic E-state index is 0.0645. The number of nitrogens with zero attached hydrogens (tertiary/aromatic N) is 1. The van der Waals surface area contributed by atoms with Gasteiger partial charge in [0.15, 0.2) is 0 Å². The van der Waals surface area contributed by atoms with Gasteiger partial charge in [0.05, 0.1) is 6.61 Å². The number of rotatable bonds is 7. The van der Waals surface area contributed by atoms with Gasteiger partial charge in [-0.15, -0.1) is 0 Å². The highest BCUT2D eigenvalue weighted by Gasteiger charge is 2.22. The molecule has 5 nitrogen and oxygen atoms in total. The third kappa shape index (κ3) is 5.36. The Labute approximate surface area is 126 Å². The van der Waals surface area contributed by atoms with Crippen LogP contribution >= 0.6 is 0 Å². The fourth-order valence-corrected chi connectivity index (χ4v) is 2.43. The van der Waals surface area contributed by atoms with Crippen molar-refractivity contribution in [1.82, 2.24) is 10.2 Å². The summed E-state index contributed by atoms with van der Waals surface area (Å²) in [6.45, 7) is 2.62. The quantitative estimate of drug-likeness (QED) is 0.770. The Morgan fingerprint density at radius 3 is 2.90 bits per heavy atom. The van der Waals surface area contributed by atoms with Crippen molar-refractivity contribution >= 4 is 5.91 Å². The number of benzene rings is 1. The molecule has 116 valence electrons. The molecule has 1 aromatic carbocycles.